The lowest BCUT2D eigenvalue weighted by molar-refractivity contribution is 0.00772. The van der Waals surface area contributed by atoms with E-state index in [1.807, 2.05) is 20.9 Å². The van der Waals surface area contributed by atoms with Gasteiger partial charge in [-0.1, -0.05) is 0 Å². The van der Waals surface area contributed by atoms with Gasteiger partial charge in [-0.3, -0.25) is 0 Å². The first-order valence-electron chi connectivity index (χ1n) is 6.03. The lowest BCUT2D eigenvalue weighted by atomic mass is 9.94. The fourth-order valence-corrected chi connectivity index (χ4v) is 1.97. The average molecular weight is 257 g/mol. The van der Waals surface area contributed by atoms with Crippen LogP contribution in [0.1, 0.15) is 25.8 Å². The Bertz CT molecular complexity index is 373. The third-order valence-electron chi connectivity index (χ3n) is 3.10. The monoisotopic (exact) mass is 257 g/mol. The summed E-state index contributed by atoms with van der Waals surface area (Å²) in [5.74, 6) is -1.07. The van der Waals surface area contributed by atoms with Crippen molar-refractivity contribution in [2.24, 2.45) is 0 Å². The maximum absolute atomic E-state index is 13.1. The zero-order valence-corrected chi connectivity index (χ0v) is 11.4. The second-order valence-electron chi connectivity index (χ2n) is 5.14. The van der Waals surface area contributed by atoms with Gasteiger partial charge < -0.3 is 10.1 Å². The van der Waals surface area contributed by atoms with Crippen LogP contribution in [0.25, 0.3) is 0 Å². The minimum Gasteiger partial charge on any atom is -0.379 e. The van der Waals surface area contributed by atoms with E-state index >= 15 is 0 Å². The van der Waals surface area contributed by atoms with E-state index in [1.165, 1.54) is 12.1 Å². The van der Waals surface area contributed by atoms with Gasteiger partial charge in [0.2, 0.25) is 0 Å². The number of methoxy groups -OCH3 is 1. The quantitative estimate of drug-likeness (QED) is 0.846. The van der Waals surface area contributed by atoms with Gasteiger partial charge in [-0.15, -0.1) is 0 Å². The molecule has 0 amide bonds. The smallest absolute Gasteiger partial charge is 0.126 e. The van der Waals surface area contributed by atoms with Crippen LogP contribution in [0.3, 0.4) is 0 Å². The van der Waals surface area contributed by atoms with Gasteiger partial charge in [0.15, 0.2) is 0 Å². The Labute approximate surface area is 107 Å². The second-order valence-corrected chi connectivity index (χ2v) is 5.14. The van der Waals surface area contributed by atoms with Crippen LogP contribution in [0.15, 0.2) is 18.2 Å². The van der Waals surface area contributed by atoms with Crippen molar-refractivity contribution in [3.8, 4) is 0 Å². The van der Waals surface area contributed by atoms with Crippen molar-refractivity contribution in [2.75, 3.05) is 14.2 Å². The highest BCUT2D eigenvalue weighted by Crippen LogP contribution is 2.19. The molecule has 0 radical (unpaired) electrons. The lowest BCUT2D eigenvalue weighted by Gasteiger charge is -2.28. The first kappa shape index (κ1) is 15.1. The van der Waals surface area contributed by atoms with Gasteiger partial charge in [0.1, 0.15) is 11.6 Å². The van der Waals surface area contributed by atoms with E-state index in [2.05, 4.69) is 5.32 Å². The summed E-state index contributed by atoms with van der Waals surface area (Å²) < 4.78 is 31.6. The van der Waals surface area contributed by atoms with Gasteiger partial charge in [-0.05, 0) is 51.4 Å². The van der Waals surface area contributed by atoms with E-state index in [4.69, 9.17) is 4.74 Å². The zero-order valence-electron chi connectivity index (χ0n) is 11.4. The minimum atomic E-state index is -0.536. The Kier molecular flexibility index (Phi) is 5.23. The summed E-state index contributed by atoms with van der Waals surface area (Å²) in [5.41, 5.74) is 0.387. The van der Waals surface area contributed by atoms with E-state index in [-0.39, 0.29) is 11.6 Å². The molecule has 0 aromatic heterocycles. The van der Waals surface area contributed by atoms with E-state index in [9.17, 15) is 8.78 Å². The zero-order chi connectivity index (χ0) is 13.8. The molecule has 0 saturated carbocycles. The van der Waals surface area contributed by atoms with E-state index in [0.717, 1.165) is 12.5 Å². The fourth-order valence-electron chi connectivity index (χ4n) is 1.97. The summed E-state index contributed by atoms with van der Waals surface area (Å²) in [6.45, 7) is 3.98. The number of hydrogen-bond donors (Lipinski definition) is 1. The van der Waals surface area contributed by atoms with Crippen molar-refractivity contribution in [3.05, 3.63) is 35.4 Å². The standard InChI is InChI=1S/C14H21F2NO/c1-14(2,18-4)9-13(17-3)7-10-5-11(15)8-12(16)6-10/h5-6,8,13,17H,7,9H2,1-4H3. The maximum atomic E-state index is 13.1. The van der Waals surface area contributed by atoms with Crippen molar-refractivity contribution in [1.82, 2.24) is 5.32 Å². The van der Waals surface area contributed by atoms with Crippen LogP contribution in [0.5, 0.6) is 0 Å². The molecule has 0 aliphatic rings. The summed E-state index contributed by atoms with van der Waals surface area (Å²) in [5, 5.41) is 3.15. The summed E-state index contributed by atoms with van der Waals surface area (Å²) in [4.78, 5) is 0. The molecule has 0 saturated heterocycles. The number of likely N-dealkylation sites (N-methyl/N-ethyl adjacent to an activating group) is 1. The molecule has 2 nitrogen and oxygen atoms in total. The Morgan fingerprint density at radius 1 is 1.22 bits per heavy atom. The number of benzene rings is 1. The third kappa shape index (κ3) is 4.70. The van der Waals surface area contributed by atoms with Crippen LogP contribution in [-0.2, 0) is 11.2 Å². The summed E-state index contributed by atoms with van der Waals surface area (Å²) >= 11 is 0. The van der Waals surface area contributed by atoms with E-state index in [0.29, 0.717) is 12.0 Å². The molecule has 1 rings (SSSR count). The summed E-state index contributed by atoms with van der Waals surface area (Å²) in [6, 6.07) is 3.73. The first-order valence-corrected chi connectivity index (χ1v) is 6.03. The molecule has 0 aliphatic heterocycles. The largest absolute Gasteiger partial charge is 0.379 e. The molecule has 0 bridgehead atoms. The van der Waals surface area contributed by atoms with Gasteiger partial charge in [-0.25, -0.2) is 8.78 Å². The predicted octanol–water partition coefficient (Wildman–Crippen LogP) is 2.91. The number of rotatable bonds is 6. The van der Waals surface area contributed by atoms with Crippen molar-refractivity contribution >= 4 is 0 Å². The van der Waals surface area contributed by atoms with Crippen LogP contribution in [0, 0.1) is 11.6 Å². The number of nitrogens with one attached hydrogen (secondary N) is 1. The van der Waals surface area contributed by atoms with E-state index in [1.54, 1.807) is 7.11 Å². The Morgan fingerprint density at radius 3 is 2.22 bits per heavy atom. The van der Waals surface area contributed by atoms with Crippen LogP contribution in [0.4, 0.5) is 8.78 Å². The molecule has 1 N–H and O–H groups in total. The Balaban J connectivity index is 2.73. The van der Waals surface area contributed by atoms with Gasteiger partial charge in [0, 0.05) is 19.2 Å². The Hall–Kier alpha value is -1.00. The van der Waals surface area contributed by atoms with Gasteiger partial charge in [0.25, 0.3) is 0 Å². The molecule has 0 fully saturated rings. The molecule has 4 heteroatoms. The van der Waals surface area contributed by atoms with Crippen LogP contribution in [0.2, 0.25) is 0 Å². The molecule has 102 valence electrons. The van der Waals surface area contributed by atoms with Crippen molar-refractivity contribution < 1.29 is 13.5 Å². The normalized spacial score (nSPS) is 13.7. The highest BCUT2D eigenvalue weighted by Gasteiger charge is 2.22. The highest BCUT2D eigenvalue weighted by molar-refractivity contribution is 5.19. The molecule has 0 spiro atoms. The highest BCUT2D eigenvalue weighted by atomic mass is 19.1. The third-order valence-corrected chi connectivity index (χ3v) is 3.10. The molecular weight excluding hydrogens is 236 g/mol. The summed E-state index contributed by atoms with van der Waals surface area (Å²) in [7, 11) is 3.50. The van der Waals surface area contributed by atoms with Crippen molar-refractivity contribution in [2.45, 2.75) is 38.3 Å². The molecule has 1 aromatic carbocycles. The molecule has 1 atom stereocenters. The van der Waals surface area contributed by atoms with Gasteiger partial charge in [-0.2, -0.15) is 0 Å². The Morgan fingerprint density at radius 2 is 1.78 bits per heavy atom. The van der Waals surface area contributed by atoms with Crippen molar-refractivity contribution in [1.29, 1.82) is 0 Å². The first-order chi connectivity index (χ1) is 8.36. The minimum absolute atomic E-state index is 0.112. The number of halogens is 2. The lowest BCUT2D eigenvalue weighted by Crippen LogP contribution is -2.37. The van der Waals surface area contributed by atoms with Crippen molar-refractivity contribution in [3.63, 3.8) is 0 Å². The number of ether oxygens (including phenoxy) is 1. The molecular formula is C14H21F2NO. The molecule has 0 aliphatic carbocycles. The van der Waals surface area contributed by atoms with Gasteiger partial charge in [0.05, 0.1) is 5.60 Å². The molecule has 18 heavy (non-hydrogen) atoms. The molecule has 0 heterocycles. The molecule has 1 aromatic rings. The second kappa shape index (κ2) is 6.25. The van der Waals surface area contributed by atoms with E-state index < -0.39 is 11.6 Å². The number of hydrogen-bond acceptors (Lipinski definition) is 2. The average Bonchev–Trinajstić information content (AvgIpc) is 2.26. The maximum Gasteiger partial charge on any atom is 0.126 e. The topological polar surface area (TPSA) is 21.3 Å². The fraction of sp³-hybridized carbons (Fsp3) is 0.571. The molecule has 1 unspecified atom stereocenters. The SMILES string of the molecule is CNC(Cc1cc(F)cc(F)c1)CC(C)(C)OC. The summed E-state index contributed by atoms with van der Waals surface area (Å²) in [6.07, 6.45) is 1.33. The predicted molar refractivity (Wildman–Crippen MR) is 68.6 cm³/mol. The van der Waals surface area contributed by atoms with Crippen LogP contribution >= 0.6 is 0 Å². The van der Waals surface area contributed by atoms with Crippen LogP contribution < -0.4 is 5.32 Å². The van der Waals surface area contributed by atoms with Gasteiger partial charge >= 0.3 is 0 Å². The van der Waals surface area contributed by atoms with Crippen LogP contribution in [-0.4, -0.2) is 25.8 Å².